The van der Waals surface area contributed by atoms with Gasteiger partial charge in [-0.3, -0.25) is 9.89 Å². The van der Waals surface area contributed by atoms with Crippen LogP contribution in [0.4, 0.5) is 0 Å². The van der Waals surface area contributed by atoms with Gasteiger partial charge in [-0.2, -0.15) is 5.10 Å². The molecule has 6 nitrogen and oxygen atoms in total. The maximum atomic E-state index is 13.0. The number of hydrogen-bond donors (Lipinski definition) is 1. The summed E-state index contributed by atoms with van der Waals surface area (Å²) in [5, 5.41) is 7.11. The number of nitrogens with zero attached hydrogens (tertiary/aromatic N) is 2. The zero-order valence-corrected chi connectivity index (χ0v) is 14.9. The highest BCUT2D eigenvalue weighted by Crippen LogP contribution is 2.34. The largest absolute Gasteiger partial charge is 0.497 e. The molecule has 1 amide bonds. The van der Waals surface area contributed by atoms with Gasteiger partial charge in [-0.05, 0) is 49.6 Å². The highest BCUT2D eigenvalue weighted by atomic mass is 16.5. The van der Waals surface area contributed by atoms with Crippen LogP contribution in [0.15, 0.2) is 46.9 Å². The number of likely N-dealkylation sites (tertiary alicyclic amines) is 1. The molecule has 0 radical (unpaired) electrons. The number of ether oxygens (including phenoxy) is 1. The number of amides is 1. The first-order chi connectivity index (χ1) is 12.7. The molecular formula is C20H21N3O3. The molecule has 1 saturated heterocycles. The molecule has 0 bridgehead atoms. The fraction of sp³-hybridized carbons (Fsp3) is 0.300. The molecule has 3 aromatic rings. The summed E-state index contributed by atoms with van der Waals surface area (Å²) < 4.78 is 10.8. The summed E-state index contributed by atoms with van der Waals surface area (Å²) in [4.78, 5) is 14.9. The number of hydrogen-bond acceptors (Lipinski definition) is 4. The van der Waals surface area contributed by atoms with Crippen molar-refractivity contribution in [3.8, 4) is 17.2 Å². The molecule has 134 valence electrons. The van der Waals surface area contributed by atoms with Crippen LogP contribution in [0.1, 0.15) is 40.7 Å². The van der Waals surface area contributed by atoms with Gasteiger partial charge in [-0.25, -0.2) is 0 Å². The summed E-state index contributed by atoms with van der Waals surface area (Å²) >= 11 is 0. The predicted octanol–water partition coefficient (Wildman–Crippen LogP) is 3.96. The van der Waals surface area contributed by atoms with Gasteiger partial charge in [0.1, 0.15) is 17.2 Å². The number of rotatable bonds is 4. The molecule has 1 aliphatic rings. The fourth-order valence-corrected chi connectivity index (χ4v) is 3.47. The van der Waals surface area contributed by atoms with E-state index in [1.165, 1.54) is 0 Å². The quantitative estimate of drug-likeness (QED) is 0.772. The third kappa shape index (κ3) is 2.98. The van der Waals surface area contributed by atoms with Crippen LogP contribution >= 0.6 is 0 Å². The number of furan rings is 1. The van der Waals surface area contributed by atoms with E-state index in [-0.39, 0.29) is 11.9 Å². The van der Waals surface area contributed by atoms with Crippen molar-refractivity contribution in [1.29, 1.82) is 0 Å². The lowest BCUT2D eigenvalue weighted by atomic mass is 10.0. The highest BCUT2D eigenvalue weighted by molar-refractivity contribution is 5.93. The molecule has 0 spiro atoms. The van der Waals surface area contributed by atoms with E-state index >= 15 is 0 Å². The van der Waals surface area contributed by atoms with E-state index in [4.69, 9.17) is 9.15 Å². The second-order valence-corrected chi connectivity index (χ2v) is 6.51. The number of aromatic amines is 1. The van der Waals surface area contributed by atoms with Crippen LogP contribution < -0.4 is 4.74 Å². The predicted molar refractivity (Wildman–Crippen MR) is 97.0 cm³/mol. The molecular weight excluding hydrogens is 330 g/mol. The standard InChI is InChI=1S/C20H21N3O3/c1-13-5-10-19(26-13)16-12-17(22-21-16)20(24)23-11-3-4-18(23)14-6-8-15(25-2)9-7-14/h5-10,12,18H,3-4,11H2,1-2H3,(H,21,22). The monoisotopic (exact) mass is 351 g/mol. The van der Waals surface area contributed by atoms with Gasteiger partial charge in [0.25, 0.3) is 5.91 Å². The van der Waals surface area contributed by atoms with Gasteiger partial charge in [-0.1, -0.05) is 12.1 Å². The van der Waals surface area contributed by atoms with Gasteiger partial charge in [0.2, 0.25) is 0 Å². The van der Waals surface area contributed by atoms with Crippen LogP contribution in [-0.4, -0.2) is 34.7 Å². The first-order valence-corrected chi connectivity index (χ1v) is 8.73. The number of carbonyl (C=O) groups is 1. The summed E-state index contributed by atoms with van der Waals surface area (Å²) in [6, 6.07) is 13.5. The summed E-state index contributed by atoms with van der Waals surface area (Å²) in [6.07, 6.45) is 1.93. The van der Waals surface area contributed by atoms with Crippen molar-refractivity contribution in [2.24, 2.45) is 0 Å². The number of aromatic nitrogens is 2. The van der Waals surface area contributed by atoms with Gasteiger partial charge in [0.15, 0.2) is 11.5 Å². The number of benzene rings is 1. The number of H-pyrrole nitrogens is 1. The lowest BCUT2D eigenvalue weighted by Crippen LogP contribution is -2.30. The summed E-state index contributed by atoms with van der Waals surface area (Å²) in [5.74, 6) is 2.26. The third-order valence-electron chi connectivity index (χ3n) is 4.82. The molecule has 1 atom stereocenters. The molecule has 4 rings (SSSR count). The van der Waals surface area contributed by atoms with E-state index in [1.807, 2.05) is 48.2 Å². The molecule has 1 aromatic carbocycles. The second kappa shape index (κ2) is 6.71. The van der Waals surface area contributed by atoms with Crippen LogP contribution in [0, 0.1) is 6.92 Å². The lowest BCUT2D eigenvalue weighted by molar-refractivity contribution is 0.0729. The maximum Gasteiger partial charge on any atom is 0.274 e. The number of methoxy groups -OCH3 is 1. The zero-order chi connectivity index (χ0) is 18.1. The Labute approximate surface area is 151 Å². The Morgan fingerprint density at radius 3 is 2.77 bits per heavy atom. The topological polar surface area (TPSA) is 71.4 Å². The van der Waals surface area contributed by atoms with Crippen LogP contribution in [0.25, 0.3) is 11.5 Å². The van der Waals surface area contributed by atoms with Crippen molar-refractivity contribution < 1.29 is 13.9 Å². The summed E-state index contributed by atoms with van der Waals surface area (Å²) in [7, 11) is 1.65. The van der Waals surface area contributed by atoms with Crippen molar-refractivity contribution in [2.75, 3.05) is 13.7 Å². The van der Waals surface area contributed by atoms with Crippen molar-refractivity contribution in [2.45, 2.75) is 25.8 Å². The SMILES string of the molecule is COc1ccc(C2CCCN2C(=O)c2cc(-c3ccc(C)o3)[nH]n2)cc1. The van der Waals surface area contributed by atoms with E-state index in [0.717, 1.165) is 36.5 Å². The van der Waals surface area contributed by atoms with Crippen molar-refractivity contribution in [3.05, 3.63) is 59.5 Å². The fourth-order valence-electron chi connectivity index (χ4n) is 3.47. The molecule has 6 heteroatoms. The normalized spacial score (nSPS) is 16.8. The van der Waals surface area contributed by atoms with Crippen molar-refractivity contribution in [1.82, 2.24) is 15.1 Å². The van der Waals surface area contributed by atoms with Gasteiger partial charge >= 0.3 is 0 Å². The van der Waals surface area contributed by atoms with Crippen LogP contribution in [0.3, 0.4) is 0 Å². The molecule has 1 N–H and O–H groups in total. The number of carbonyl (C=O) groups excluding carboxylic acids is 1. The zero-order valence-electron chi connectivity index (χ0n) is 14.9. The molecule has 26 heavy (non-hydrogen) atoms. The Hall–Kier alpha value is -3.02. The molecule has 1 unspecified atom stereocenters. The molecule has 2 aromatic heterocycles. The van der Waals surface area contributed by atoms with E-state index < -0.39 is 0 Å². The van der Waals surface area contributed by atoms with Crippen molar-refractivity contribution >= 4 is 5.91 Å². The molecule has 3 heterocycles. The Morgan fingerprint density at radius 1 is 1.27 bits per heavy atom. The minimum Gasteiger partial charge on any atom is -0.497 e. The average Bonchev–Trinajstić information content (AvgIpc) is 3.41. The van der Waals surface area contributed by atoms with E-state index in [2.05, 4.69) is 10.2 Å². The smallest absolute Gasteiger partial charge is 0.274 e. The van der Waals surface area contributed by atoms with Crippen LogP contribution in [0.5, 0.6) is 5.75 Å². The number of nitrogens with one attached hydrogen (secondary N) is 1. The molecule has 1 fully saturated rings. The summed E-state index contributed by atoms with van der Waals surface area (Å²) in [5.41, 5.74) is 2.24. The Balaban J connectivity index is 1.55. The second-order valence-electron chi connectivity index (χ2n) is 6.51. The van der Waals surface area contributed by atoms with E-state index in [1.54, 1.807) is 13.2 Å². The average molecular weight is 351 g/mol. The summed E-state index contributed by atoms with van der Waals surface area (Å²) in [6.45, 7) is 2.62. The van der Waals surface area contributed by atoms with Gasteiger partial charge in [-0.15, -0.1) is 0 Å². The van der Waals surface area contributed by atoms with Gasteiger partial charge < -0.3 is 14.1 Å². The Bertz CT molecular complexity index is 911. The maximum absolute atomic E-state index is 13.0. The van der Waals surface area contributed by atoms with E-state index in [0.29, 0.717) is 17.1 Å². The van der Waals surface area contributed by atoms with Gasteiger partial charge in [0, 0.05) is 12.6 Å². The number of aryl methyl sites for hydroxylation is 1. The van der Waals surface area contributed by atoms with E-state index in [9.17, 15) is 4.79 Å². The molecule has 1 aliphatic heterocycles. The highest BCUT2D eigenvalue weighted by Gasteiger charge is 2.32. The van der Waals surface area contributed by atoms with Gasteiger partial charge in [0.05, 0.1) is 13.2 Å². The third-order valence-corrected chi connectivity index (χ3v) is 4.82. The Kier molecular flexibility index (Phi) is 4.24. The Morgan fingerprint density at radius 2 is 2.08 bits per heavy atom. The molecule has 0 aliphatic carbocycles. The first kappa shape index (κ1) is 16.4. The minimum absolute atomic E-state index is 0.0610. The lowest BCUT2D eigenvalue weighted by Gasteiger charge is -2.24. The van der Waals surface area contributed by atoms with Crippen LogP contribution in [0.2, 0.25) is 0 Å². The first-order valence-electron chi connectivity index (χ1n) is 8.73. The van der Waals surface area contributed by atoms with Crippen molar-refractivity contribution in [3.63, 3.8) is 0 Å². The molecule has 0 saturated carbocycles. The minimum atomic E-state index is -0.0610. The van der Waals surface area contributed by atoms with Crippen LogP contribution in [-0.2, 0) is 0 Å².